The first kappa shape index (κ1) is 25.3. The highest BCUT2D eigenvalue weighted by molar-refractivity contribution is 7.90. The van der Waals surface area contributed by atoms with Gasteiger partial charge in [0, 0.05) is 18.7 Å². The number of ether oxygens (including phenoxy) is 1. The summed E-state index contributed by atoms with van der Waals surface area (Å²) in [5, 5.41) is 0. The van der Waals surface area contributed by atoms with Crippen molar-refractivity contribution in [3.8, 4) is 5.75 Å². The van der Waals surface area contributed by atoms with Gasteiger partial charge in [-0.15, -0.1) is 0 Å². The third-order valence-electron chi connectivity index (χ3n) is 6.70. The van der Waals surface area contributed by atoms with Crippen LogP contribution in [0.1, 0.15) is 36.3 Å². The molecule has 1 fully saturated rings. The lowest BCUT2D eigenvalue weighted by Crippen LogP contribution is -2.36. The van der Waals surface area contributed by atoms with Gasteiger partial charge in [-0.3, -0.25) is 0 Å². The molecule has 35 heavy (non-hydrogen) atoms. The normalized spacial score (nSPS) is 15.4. The van der Waals surface area contributed by atoms with Gasteiger partial charge in [-0.2, -0.15) is 0 Å². The van der Waals surface area contributed by atoms with E-state index in [1.807, 2.05) is 24.3 Å². The lowest BCUT2D eigenvalue weighted by atomic mass is 9.76. The van der Waals surface area contributed by atoms with Gasteiger partial charge in [-0.1, -0.05) is 24.3 Å². The van der Waals surface area contributed by atoms with Crippen molar-refractivity contribution in [3.05, 3.63) is 95.6 Å². The highest BCUT2D eigenvalue weighted by Gasteiger charge is 2.29. The second-order valence-corrected chi connectivity index (χ2v) is 11.2. The Labute approximate surface area is 206 Å². The van der Waals surface area contributed by atoms with Crippen LogP contribution in [0, 0.1) is 17.6 Å². The molecular weight excluding hydrogens is 468 g/mol. The van der Waals surface area contributed by atoms with Crippen LogP contribution in [0.2, 0.25) is 0 Å². The molecule has 3 aromatic carbocycles. The lowest BCUT2D eigenvalue weighted by molar-refractivity contribution is 0.163. The second kappa shape index (κ2) is 11.3. The molecule has 0 unspecified atom stereocenters. The molecule has 0 saturated carbocycles. The Hall–Kier alpha value is -2.77. The smallest absolute Gasteiger partial charge is 0.175 e. The summed E-state index contributed by atoms with van der Waals surface area (Å²) in [4.78, 5) is 2.71. The molecule has 0 N–H and O–H groups in total. The van der Waals surface area contributed by atoms with Crippen molar-refractivity contribution in [2.45, 2.75) is 30.1 Å². The number of likely N-dealkylation sites (tertiary alicyclic amines) is 1. The first-order valence-electron chi connectivity index (χ1n) is 12.0. The monoisotopic (exact) mass is 499 g/mol. The SMILES string of the molecule is CS(=O)(=O)c1ccc(OCCCN2CCC(C(c3ccc(F)cc3)c3ccc(F)cc3)CC2)cc1. The van der Waals surface area contributed by atoms with Crippen LogP contribution in [0.3, 0.4) is 0 Å². The molecule has 3 aromatic rings. The molecule has 1 aliphatic heterocycles. The third-order valence-corrected chi connectivity index (χ3v) is 7.83. The van der Waals surface area contributed by atoms with Crippen molar-refractivity contribution in [2.24, 2.45) is 5.92 Å². The van der Waals surface area contributed by atoms with E-state index in [9.17, 15) is 17.2 Å². The molecule has 0 radical (unpaired) electrons. The molecule has 0 bridgehead atoms. The number of hydrogen-bond donors (Lipinski definition) is 0. The predicted molar refractivity (Wildman–Crippen MR) is 133 cm³/mol. The van der Waals surface area contributed by atoms with Gasteiger partial charge in [0.15, 0.2) is 9.84 Å². The summed E-state index contributed by atoms with van der Waals surface area (Å²) in [5.74, 6) is 0.658. The van der Waals surface area contributed by atoms with Crippen LogP contribution >= 0.6 is 0 Å². The average Bonchev–Trinajstić information content (AvgIpc) is 2.85. The molecule has 0 spiro atoms. The van der Waals surface area contributed by atoms with Crippen LogP contribution in [0.4, 0.5) is 8.78 Å². The van der Waals surface area contributed by atoms with Crippen LogP contribution in [0.25, 0.3) is 0 Å². The van der Waals surface area contributed by atoms with Crippen LogP contribution in [0.5, 0.6) is 5.75 Å². The number of benzene rings is 3. The highest BCUT2D eigenvalue weighted by atomic mass is 32.2. The van der Waals surface area contributed by atoms with E-state index in [0.717, 1.165) is 50.0 Å². The van der Waals surface area contributed by atoms with Crippen molar-refractivity contribution in [3.63, 3.8) is 0 Å². The fraction of sp³-hybridized carbons (Fsp3) is 0.357. The number of halogens is 2. The summed E-state index contributed by atoms with van der Waals surface area (Å²) in [5.41, 5.74) is 2.12. The fourth-order valence-electron chi connectivity index (χ4n) is 4.85. The highest BCUT2D eigenvalue weighted by Crippen LogP contribution is 2.38. The minimum Gasteiger partial charge on any atom is -0.494 e. The van der Waals surface area contributed by atoms with Gasteiger partial charge in [0.1, 0.15) is 17.4 Å². The van der Waals surface area contributed by atoms with Crippen LogP contribution in [0.15, 0.2) is 77.7 Å². The minimum absolute atomic E-state index is 0.108. The van der Waals surface area contributed by atoms with Crippen LogP contribution in [-0.4, -0.2) is 45.8 Å². The van der Waals surface area contributed by atoms with Gasteiger partial charge in [0.2, 0.25) is 0 Å². The summed E-state index contributed by atoms with van der Waals surface area (Å²) in [6.07, 6.45) is 4.08. The maximum atomic E-state index is 13.5. The van der Waals surface area contributed by atoms with Gasteiger partial charge in [-0.05, 0) is 97.9 Å². The average molecular weight is 500 g/mol. The van der Waals surface area contributed by atoms with E-state index in [0.29, 0.717) is 18.3 Å². The molecular formula is C28H31F2NO3S. The Balaban J connectivity index is 1.29. The largest absolute Gasteiger partial charge is 0.494 e. The van der Waals surface area contributed by atoms with Crippen LogP contribution < -0.4 is 4.74 Å². The van der Waals surface area contributed by atoms with E-state index < -0.39 is 9.84 Å². The second-order valence-electron chi connectivity index (χ2n) is 9.21. The first-order valence-corrected chi connectivity index (χ1v) is 13.8. The Morgan fingerprint density at radius 3 is 1.86 bits per heavy atom. The van der Waals surface area contributed by atoms with Gasteiger partial charge >= 0.3 is 0 Å². The molecule has 186 valence electrons. The zero-order valence-electron chi connectivity index (χ0n) is 19.9. The van der Waals surface area contributed by atoms with E-state index in [1.54, 1.807) is 24.3 Å². The Kier molecular flexibility index (Phi) is 8.19. The molecule has 1 heterocycles. The molecule has 4 rings (SSSR count). The van der Waals surface area contributed by atoms with Crippen molar-refractivity contribution >= 4 is 9.84 Å². The summed E-state index contributed by atoms with van der Waals surface area (Å²) < 4.78 is 55.9. The molecule has 0 aromatic heterocycles. The maximum Gasteiger partial charge on any atom is 0.175 e. The predicted octanol–water partition coefficient (Wildman–Crippen LogP) is 5.68. The molecule has 1 saturated heterocycles. The van der Waals surface area contributed by atoms with Crippen molar-refractivity contribution in [2.75, 3.05) is 32.5 Å². The van der Waals surface area contributed by atoms with Gasteiger partial charge in [0.25, 0.3) is 0 Å². The summed E-state index contributed by atoms with van der Waals surface area (Å²) in [6, 6.07) is 19.9. The molecule has 4 nitrogen and oxygen atoms in total. The number of piperidine rings is 1. The Morgan fingerprint density at radius 2 is 1.37 bits per heavy atom. The van der Waals surface area contributed by atoms with Crippen molar-refractivity contribution in [1.82, 2.24) is 4.90 Å². The zero-order valence-corrected chi connectivity index (χ0v) is 20.7. The fourth-order valence-corrected chi connectivity index (χ4v) is 5.48. The molecule has 1 aliphatic rings. The molecule has 7 heteroatoms. The topological polar surface area (TPSA) is 46.6 Å². The molecule has 0 atom stereocenters. The summed E-state index contributed by atoms with van der Waals surface area (Å²) in [6.45, 7) is 3.41. The van der Waals surface area contributed by atoms with Gasteiger partial charge in [-0.25, -0.2) is 17.2 Å². The Bertz CT molecular complexity index is 1140. The molecule has 0 amide bonds. The van der Waals surface area contributed by atoms with E-state index in [1.165, 1.54) is 30.5 Å². The quantitative estimate of drug-likeness (QED) is 0.355. The third kappa shape index (κ3) is 6.89. The van der Waals surface area contributed by atoms with E-state index in [4.69, 9.17) is 4.74 Å². The van der Waals surface area contributed by atoms with Gasteiger partial charge < -0.3 is 9.64 Å². The van der Waals surface area contributed by atoms with Gasteiger partial charge in [0.05, 0.1) is 11.5 Å². The number of sulfone groups is 1. The van der Waals surface area contributed by atoms with Crippen molar-refractivity contribution < 1.29 is 21.9 Å². The van der Waals surface area contributed by atoms with Crippen molar-refractivity contribution in [1.29, 1.82) is 0 Å². The zero-order chi connectivity index (χ0) is 24.8. The minimum atomic E-state index is -3.21. The number of rotatable bonds is 9. The van der Waals surface area contributed by atoms with Crippen LogP contribution in [-0.2, 0) is 9.84 Å². The number of hydrogen-bond acceptors (Lipinski definition) is 4. The number of nitrogens with zero attached hydrogens (tertiary/aromatic N) is 1. The lowest BCUT2D eigenvalue weighted by Gasteiger charge is -2.36. The van der Waals surface area contributed by atoms with E-state index in [2.05, 4.69) is 4.90 Å². The molecule has 0 aliphatic carbocycles. The van der Waals surface area contributed by atoms with E-state index >= 15 is 0 Å². The van der Waals surface area contributed by atoms with E-state index in [-0.39, 0.29) is 22.4 Å². The summed E-state index contributed by atoms with van der Waals surface area (Å²) in [7, 11) is -3.21. The maximum absolute atomic E-state index is 13.5. The summed E-state index contributed by atoms with van der Waals surface area (Å²) >= 11 is 0. The Morgan fingerprint density at radius 1 is 0.857 bits per heavy atom. The standard InChI is InChI=1S/C28H31F2NO3S/c1-35(32,33)27-13-11-26(12-14-27)34-20-2-17-31-18-15-23(16-19-31)28(21-3-7-24(29)8-4-21)22-5-9-25(30)10-6-22/h3-14,23,28H,2,15-20H2,1H3. The first-order chi connectivity index (χ1) is 16.8.